The standard InChI is InChI=1S/C21H26N4O4S/c1-15-3-4-18-17(11-15)25(20(26)13-29-18)12-19-23-16(14-30-19)21(27)22-5-2-6-24-7-9-28-10-8-24/h3-4,11,14H,2,5-10,12-13H2,1H3,(H,22,27). The van der Waals surface area contributed by atoms with Gasteiger partial charge in [-0.05, 0) is 37.6 Å². The fourth-order valence-corrected chi connectivity index (χ4v) is 4.29. The summed E-state index contributed by atoms with van der Waals surface area (Å²) in [5.74, 6) is 0.399. The van der Waals surface area contributed by atoms with Crippen molar-refractivity contribution in [2.45, 2.75) is 19.9 Å². The van der Waals surface area contributed by atoms with Crippen LogP contribution in [0.15, 0.2) is 23.6 Å². The average molecular weight is 431 g/mol. The van der Waals surface area contributed by atoms with Crippen molar-refractivity contribution in [3.63, 3.8) is 0 Å². The highest BCUT2D eigenvalue weighted by Crippen LogP contribution is 2.34. The van der Waals surface area contributed by atoms with Crippen LogP contribution in [0.5, 0.6) is 5.75 Å². The lowest BCUT2D eigenvalue weighted by Gasteiger charge is -2.29. The maximum absolute atomic E-state index is 12.4. The van der Waals surface area contributed by atoms with Crippen molar-refractivity contribution in [2.75, 3.05) is 50.9 Å². The molecule has 0 atom stereocenters. The second-order valence-electron chi connectivity index (χ2n) is 7.43. The molecule has 2 aromatic rings. The van der Waals surface area contributed by atoms with Crippen molar-refractivity contribution in [1.82, 2.24) is 15.2 Å². The van der Waals surface area contributed by atoms with Gasteiger partial charge in [0.1, 0.15) is 16.5 Å². The average Bonchev–Trinajstić information content (AvgIpc) is 3.23. The highest BCUT2D eigenvalue weighted by molar-refractivity contribution is 7.09. The Balaban J connectivity index is 1.31. The number of hydrogen-bond donors (Lipinski definition) is 1. The largest absolute Gasteiger partial charge is 0.482 e. The summed E-state index contributed by atoms with van der Waals surface area (Å²) in [6.45, 7) is 7.33. The third-order valence-electron chi connectivity index (χ3n) is 5.18. The number of nitrogens with zero attached hydrogens (tertiary/aromatic N) is 3. The van der Waals surface area contributed by atoms with Crippen LogP contribution in [0.4, 0.5) is 5.69 Å². The Kier molecular flexibility index (Phi) is 6.61. The number of carbonyl (C=O) groups excluding carboxylic acids is 2. The number of thiazole rings is 1. The third kappa shape index (κ3) is 4.97. The highest BCUT2D eigenvalue weighted by Gasteiger charge is 2.27. The SMILES string of the molecule is Cc1ccc2c(c1)N(Cc1nc(C(=O)NCCCN3CCOCC3)cs1)C(=O)CO2. The normalized spacial score (nSPS) is 16.8. The molecule has 0 spiro atoms. The number of fused-ring (bicyclic) bond motifs is 1. The van der Waals surface area contributed by atoms with E-state index in [1.165, 1.54) is 11.3 Å². The monoisotopic (exact) mass is 430 g/mol. The van der Waals surface area contributed by atoms with Gasteiger partial charge in [-0.25, -0.2) is 4.98 Å². The maximum atomic E-state index is 12.4. The molecule has 0 bridgehead atoms. The molecule has 2 amide bonds. The molecule has 2 aliphatic rings. The van der Waals surface area contributed by atoms with Gasteiger partial charge in [-0.3, -0.25) is 19.4 Å². The highest BCUT2D eigenvalue weighted by atomic mass is 32.1. The zero-order chi connectivity index (χ0) is 20.9. The molecule has 160 valence electrons. The van der Waals surface area contributed by atoms with Gasteiger partial charge in [0, 0.05) is 25.0 Å². The molecule has 0 aliphatic carbocycles. The molecular formula is C21H26N4O4S. The predicted octanol–water partition coefficient (Wildman–Crippen LogP) is 1.83. The molecular weight excluding hydrogens is 404 g/mol. The van der Waals surface area contributed by atoms with Crippen LogP contribution < -0.4 is 15.0 Å². The number of ether oxygens (including phenoxy) is 2. The second-order valence-corrected chi connectivity index (χ2v) is 8.37. The van der Waals surface area contributed by atoms with Crippen LogP contribution in [0, 0.1) is 6.92 Å². The van der Waals surface area contributed by atoms with Gasteiger partial charge < -0.3 is 14.8 Å². The van der Waals surface area contributed by atoms with Crippen LogP contribution >= 0.6 is 11.3 Å². The number of aromatic nitrogens is 1. The lowest BCUT2D eigenvalue weighted by Crippen LogP contribution is -2.38. The number of amides is 2. The van der Waals surface area contributed by atoms with E-state index in [2.05, 4.69) is 15.2 Å². The van der Waals surface area contributed by atoms with E-state index in [9.17, 15) is 9.59 Å². The van der Waals surface area contributed by atoms with Crippen molar-refractivity contribution in [2.24, 2.45) is 0 Å². The third-order valence-corrected chi connectivity index (χ3v) is 6.01. The fraction of sp³-hybridized carbons (Fsp3) is 0.476. The van der Waals surface area contributed by atoms with Crippen molar-refractivity contribution in [3.05, 3.63) is 39.8 Å². The summed E-state index contributed by atoms with van der Waals surface area (Å²) in [6.07, 6.45) is 0.890. The van der Waals surface area contributed by atoms with E-state index in [0.717, 1.165) is 55.5 Å². The lowest BCUT2D eigenvalue weighted by atomic mass is 10.1. The van der Waals surface area contributed by atoms with Crippen molar-refractivity contribution < 1.29 is 19.1 Å². The molecule has 1 aromatic carbocycles. The molecule has 9 heteroatoms. The Hall–Kier alpha value is -2.49. The molecule has 0 radical (unpaired) electrons. The van der Waals surface area contributed by atoms with Crippen LogP contribution in [-0.2, 0) is 16.1 Å². The van der Waals surface area contributed by atoms with Gasteiger partial charge >= 0.3 is 0 Å². The van der Waals surface area contributed by atoms with Crippen LogP contribution in [0.3, 0.4) is 0 Å². The molecule has 30 heavy (non-hydrogen) atoms. The minimum absolute atomic E-state index is 0.0118. The molecule has 4 rings (SSSR count). The number of aryl methyl sites for hydroxylation is 1. The molecule has 1 saturated heterocycles. The summed E-state index contributed by atoms with van der Waals surface area (Å²) < 4.78 is 10.9. The number of anilines is 1. The number of benzene rings is 1. The molecule has 1 fully saturated rings. The Labute approximate surface area is 179 Å². The van der Waals surface area contributed by atoms with Gasteiger partial charge in [0.05, 0.1) is 25.4 Å². The van der Waals surface area contributed by atoms with Crippen LogP contribution in [0.25, 0.3) is 0 Å². The van der Waals surface area contributed by atoms with Gasteiger partial charge in [0.15, 0.2) is 6.61 Å². The van der Waals surface area contributed by atoms with Crippen molar-refractivity contribution in [1.29, 1.82) is 0 Å². The number of nitrogens with one attached hydrogen (secondary N) is 1. The summed E-state index contributed by atoms with van der Waals surface area (Å²) in [4.78, 5) is 33.3. The molecule has 1 aromatic heterocycles. The Bertz CT molecular complexity index is 910. The molecule has 3 heterocycles. The van der Waals surface area contributed by atoms with E-state index >= 15 is 0 Å². The van der Waals surface area contributed by atoms with Crippen LogP contribution in [-0.4, -0.2) is 67.7 Å². The molecule has 8 nitrogen and oxygen atoms in total. The predicted molar refractivity (Wildman–Crippen MR) is 114 cm³/mol. The van der Waals surface area contributed by atoms with Gasteiger partial charge in [0.2, 0.25) is 0 Å². The molecule has 0 saturated carbocycles. The Morgan fingerprint density at radius 3 is 2.97 bits per heavy atom. The minimum Gasteiger partial charge on any atom is -0.482 e. The van der Waals surface area contributed by atoms with Gasteiger partial charge in [-0.1, -0.05) is 6.07 Å². The first-order chi connectivity index (χ1) is 14.6. The smallest absolute Gasteiger partial charge is 0.270 e. The number of carbonyl (C=O) groups is 2. The maximum Gasteiger partial charge on any atom is 0.270 e. The fourth-order valence-electron chi connectivity index (χ4n) is 3.53. The summed E-state index contributed by atoms with van der Waals surface area (Å²) in [5.41, 5.74) is 2.19. The summed E-state index contributed by atoms with van der Waals surface area (Å²) in [6, 6.07) is 5.77. The Morgan fingerprint density at radius 1 is 1.30 bits per heavy atom. The number of rotatable bonds is 7. The number of hydrogen-bond acceptors (Lipinski definition) is 7. The summed E-state index contributed by atoms with van der Waals surface area (Å²) in [5, 5.41) is 5.40. The minimum atomic E-state index is -0.177. The summed E-state index contributed by atoms with van der Waals surface area (Å²) >= 11 is 1.39. The van der Waals surface area contributed by atoms with E-state index in [1.54, 1.807) is 10.3 Å². The van der Waals surface area contributed by atoms with E-state index in [1.807, 2.05) is 25.1 Å². The van der Waals surface area contributed by atoms with E-state index in [0.29, 0.717) is 24.5 Å². The Morgan fingerprint density at radius 2 is 2.13 bits per heavy atom. The van der Waals surface area contributed by atoms with Crippen LogP contribution in [0.1, 0.15) is 27.5 Å². The van der Waals surface area contributed by atoms with E-state index < -0.39 is 0 Å². The first-order valence-corrected chi connectivity index (χ1v) is 11.0. The van der Waals surface area contributed by atoms with Gasteiger partial charge in [-0.2, -0.15) is 0 Å². The van der Waals surface area contributed by atoms with Crippen molar-refractivity contribution in [3.8, 4) is 5.75 Å². The van der Waals surface area contributed by atoms with Crippen molar-refractivity contribution >= 4 is 28.8 Å². The molecule has 1 N–H and O–H groups in total. The lowest BCUT2D eigenvalue weighted by molar-refractivity contribution is -0.121. The number of morpholine rings is 1. The second kappa shape index (κ2) is 9.55. The van der Waals surface area contributed by atoms with Gasteiger partial charge in [0.25, 0.3) is 11.8 Å². The topological polar surface area (TPSA) is 84.0 Å². The zero-order valence-corrected chi connectivity index (χ0v) is 17.9. The zero-order valence-electron chi connectivity index (χ0n) is 17.1. The van der Waals surface area contributed by atoms with Gasteiger partial charge in [-0.15, -0.1) is 11.3 Å². The van der Waals surface area contributed by atoms with E-state index in [-0.39, 0.29) is 18.4 Å². The van der Waals surface area contributed by atoms with E-state index in [4.69, 9.17) is 9.47 Å². The first-order valence-electron chi connectivity index (χ1n) is 10.2. The first kappa shape index (κ1) is 20.8. The summed E-state index contributed by atoms with van der Waals surface area (Å²) in [7, 11) is 0. The molecule has 2 aliphatic heterocycles. The van der Waals surface area contributed by atoms with Crippen LogP contribution in [0.2, 0.25) is 0 Å². The molecule has 0 unspecified atom stereocenters. The quantitative estimate of drug-likeness (QED) is 0.675.